The number of hydrogen-bond donors (Lipinski definition) is 3. The first-order valence-corrected chi connectivity index (χ1v) is 11.5. The van der Waals surface area contributed by atoms with Crippen LogP contribution in [0.3, 0.4) is 0 Å². The van der Waals surface area contributed by atoms with E-state index in [1.165, 1.54) is 24.3 Å². The lowest BCUT2D eigenvalue weighted by Crippen LogP contribution is -2.30. The van der Waals surface area contributed by atoms with Crippen LogP contribution in [-0.2, 0) is 14.5 Å². The molecule has 0 fully saturated rings. The van der Waals surface area contributed by atoms with E-state index in [-0.39, 0.29) is 29.5 Å². The normalized spacial score (nSPS) is 16.0. The molecule has 32 heavy (non-hydrogen) atoms. The molecule has 4 rings (SSSR count). The molecule has 0 amide bonds. The third-order valence-electron chi connectivity index (χ3n) is 4.91. The zero-order valence-corrected chi connectivity index (χ0v) is 19.7. The molecule has 0 saturated carbocycles. The fraction of sp³-hybridized carbons (Fsp3) is 0.263. The maximum atomic E-state index is 14.1. The summed E-state index contributed by atoms with van der Waals surface area (Å²) in [6.45, 7) is 0.455. The van der Waals surface area contributed by atoms with Gasteiger partial charge < -0.3 is 15.0 Å². The van der Waals surface area contributed by atoms with Crippen molar-refractivity contribution in [2.24, 2.45) is 0 Å². The third kappa shape index (κ3) is 4.28. The van der Waals surface area contributed by atoms with E-state index in [1.54, 1.807) is 6.07 Å². The lowest BCUT2D eigenvalue weighted by molar-refractivity contribution is -0.0556. The topological polar surface area (TPSA) is 94.1 Å². The van der Waals surface area contributed by atoms with Gasteiger partial charge in [-0.2, -0.15) is 13.9 Å². The smallest absolute Gasteiger partial charge is 0.388 e. The number of aromatic amines is 1. The minimum absolute atomic E-state index is 0.0506. The Bertz CT molecular complexity index is 1260. The van der Waals surface area contributed by atoms with Crippen molar-refractivity contribution in [1.82, 2.24) is 19.7 Å². The van der Waals surface area contributed by atoms with Crippen molar-refractivity contribution >= 4 is 43.5 Å². The van der Waals surface area contributed by atoms with Gasteiger partial charge in [0.2, 0.25) is 5.88 Å². The van der Waals surface area contributed by atoms with E-state index in [1.807, 2.05) is 13.8 Å². The summed E-state index contributed by atoms with van der Waals surface area (Å²) in [5.74, 6) is -0.430. The number of anilines is 1. The van der Waals surface area contributed by atoms with Crippen LogP contribution in [0.2, 0.25) is 0 Å². The highest BCUT2D eigenvalue weighted by Gasteiger charge is 2.40. The van der Waals surface area contributed by atoms with Gasteiger partial charge in [-0.15, -0.1) is 0 Å². The third-order valence-corrected chi connectivity index (χ3v) is 7.62. The van der Waals surface area contributed by atoms with E-state index in [2.05, 4.69) is 38.0 Å². The summed E-state index contributed by atoms with van der Waals surface area (Å²) in [7, 11) is 0. The van der Waals surface area contributed by atoms with Crippen LogP contribution in [0, 0.1) is 5.82 Å². The Morgan fingerprint density at radius 3 is 2.75 bits per heavy atom. The summed E-state index contributed by atoms with van der Waals surface area (Å²) >= 11 is 2.90. The number of thiol groups is 1. The minimum Gasteiger partial charge on any atom is -0.417 e. The number of hydrogen-bond acceptors (Lipinski definition) is 7. The Labute approximate surface area is 196 Å². The second kappa shape index (κ2) is 8.86. The molecule has 0 atom stereocenters. The van der Waals surface area contributed by atoms with Crippen molar-refractivity contribution in [3.8, 4) is 17.4 Å². The van der Waals surface area contributed by atoms with Crippen molar-refractivity contribution in [3.05, 3.63) is 57.6 Å². The molecule has 1 aromatic carbocycles. The minimum atomic E-state index is -3.12. The quantitative estimate of drug-likeness (QED) is 0.232. The van der Waals surface area contributed by atoms with Gasteiger partial charge in [0.15, 0.2) is 5.82 Å². The molecule has 3 aromatic rings. The predicted octanol–water partition coefficient (Wildman–Crippen LogP) is 4.00. The first-order chi connectivity index (χ1) is 15.2. The molecule has 0 aliphatic carbocycles. The molecule has 0 radical (unpaired) electrons. The Balaban J connectivity index is 1.77. The van der Waals surface area contributed by atoms with Crippen molar-refractivity contribution in [2.75, 3.05) is 5.32 Å². The Morgan fingerprint density at radius 2 is 2.06 bits per heavy atom. The number of alkyl halides is 2. The Kier molecular flexibility index (Phi) is 6.31. The molecular formula is C19H17F3IN5O3S. The first-order valence-electron chi connectivity index (χ1n) is 9.21. The van der Waals surface area contributed by atoms with Crippen LogP contribution in [0.25, 0.3) is 11.5 Å². The molecule has 0 bridgehead atoms. The molecule has 2 aromatic heterocycles. The maximum absolute atomic E-state index is 14.1. The van der Waals surface area contributed by atoms with Crippen LogP contribution in [0.4, 0.5) is 19.0 Å². The van der Waals surface area contributed by atoms with Crippen LogP contribution in [0.1, 0.15) is 25.0 Å². The number of fused-ring (bicyclic) bond motifs is 1. The van der Waals surface area contributed by atoms with Gasteiger partial charge in [-0.3, -0.25) is 7.31 Å². The maximum Gasteiger partial charge on any atom is 0.388 e. The van der Waals surface area contributed by atoms with Gasteiger partial charge in [0.1, 0.15) is 17.3 Å². The Hall–Kier alpha value is -2.39. The van der Waals surface area contributed by atoms with Gasteiger partial charge >= 0.3 is 6.61 Å². The van der Waals surface area contributed by atoms with Crippen molar-refractivity contribution in [2.45, 2.75) is 32.4 Å². The fourth-order valence-electron chi connectivity index (χ4n) is 3.39. The number of nitrogens with zero attached hydrogens (tertiary/aromatic N) is 3. The van der Waals surface area contributed by atoms with Crippen LogP contribution in [0.15, 0.2) is 35.1 Å². The highest BCUT2D eigenvalue weighted by atomic mass is 127. The van der Waals surface area contributed by atoms with E-state index >= 15 is 0 Å². The second-order valence-electron chi connectivity index (χ2n) is 7.34. The standard InChI is InChI=1S/C19H17F3IN5O3S/c1-19(2)13-15(26-17(19)23-31-32)24-14(25-16(13)29)11-7-12(30-18(21)22)28(27-11)8-9-5-3-4-6-10(9)20/h3-7,18,32H,8H2,1-2H3,(H2,24,25,26,29). The largest absolute Gasteiger partial charge is 0.417 e. The van der Waals surface area contributed by atoms with Gasteiger partial charge in [0.05, 0.1) is 36.9 Å². The molecular weight excluding hydrogens is 562 g/mol. The highest BCUT2D eigenvalue weighted by molar-refractivity contribution is 14.2. The number of aromatic nitrogens is 4. The molecule has 8 nitrogen and oxygen atoms in total. The van der Waals surface area contributed by atoms with Gasteiger partial charge in [0.25, 0.3) is 5.56 Å². The number of ether oxygens (including phenoxy) is 1. The van der Waals surface area contributed by atoms with Crippen LogP contribution in [0.5, 0.6) is 5.88 Å². The van der Waals surface area contributed by atoms with Crippen molar-refractivity contribution < 1.29 is 20.4 Å². The molecule has 1 aliphatic heterocycles. The second-order valence-corrected chi connectivity index (χ2v) is 10.2. The van der Waals surface area contributed by atoms with Crippen molar-refractivity contribution in [3.63, 3.8) is 0 Å². The zero-order chi connectivity index (χ0) is 23.0. The van der Waals surface area contributed by atoms with E-state index < -0.39 is 44.5 Å². The first kappa shape index (κ1) is 22.8. The molecule has 2 N–H and O–H groups in total. The summed E-state index contributed by atoms with van der Waals surface area (Å²) < 4.78 is 51.4. The summed E-state index contributed by atoms with van der Waals surface area (Å²) in [6, 6.07) is 7.12. The summed E-state index contributed by atoms with van der Waals surface area (Å²) in [5, 5.41) is 7.33. The lowest BCUT2D eigenvalue weighted by Gasteiger charge is -2.17. The van der Waals surface area contributed by atoms with Gasteiger partial charge in [-0.25, -0.2) is 14.1 Å². The van der Waals surface area contributed by atoms with Crippen LogP contribution < -0.4 is 15.6 Å². The molecule has 0 saturated heterocycles. The monoisotopic (exact) mass is 579 g/mol. The van der Waals surface area contributed by atoms with E-state index in [0.717, 1.165) is 8.31 Å². The van der Waals surface area contributed by atoms with Gasteiger partial charge in [-0.1, -0.05) is 18.2 Å². The van der Waals surface area contributed by atoms with Crippen LogP contribution in [-0.4, -0.2) is 30.0 Å². The summed E-state index contributed by atoms with van der Waals surface area (Å²) in [4.78, 5) is 19.9. The molecule has 3 heterocycles. The molecule has 13 heteroatoms. The number of rotatable bonds is 6. The molecule has 0 unspecified atom stereocenters. The van der Waals surface area contributed by atoms with E-state index in [9.17, 15) is 18.0 Å². The fourth-order valence-corrected chi connectivity index (χ4v) is 5.23. The van der Waals surface area contributed by atoms with Crippen LogP contribution >= 0.6 is 34.1 Å². The van der Waals surface area contributed by atoms with Gasteiger partial charge in [0, 0.05) is 17.0 Å². The average Bonchev–Trinajstić information content (AvgIpc) is 3.21. The Morgan fingerprint density at radius 1 is 1.31 bits per heavy atom. The number of nitrogens with one attached hydrogen (secondary N) is 2. The molecule has 0 spiro atoms. The van der Waals surface area contributed by atoms with E-state index in [0.29, 0.717) is 11.4 Å². The predicted molar refractivity (Wildman–Crippen MR) is 124 cm³/mol. The van der Waals surface area contributed by atoms with Gasteiger partial charge in [-0.05, 0) is 32.8 Å². The number of halogens is 4. The van der Waals surface area contributed by atoms with Crippen molar-refractivity contribution in [1.29, 1.82) is 0 Å². The lowest BCUT2D eigenvalue weighted by atomic mass is 9.89. The van der Waals surface area contributed by atoms with E-state index in [4.69, 9.17) is 2.51 Å². The number of benzene rings is 1. The summed E-state index contributed by atoms with van der Waals surface area (Å²) in [6.07, 6.45) is 0. The molecule has 170 valence electrons. The molecule has 1 aliphatic rings. The zero-order valence-electron chi connectivity index (χ0n) is 16.7. The summed E-state index contributed by atoms with van der Waals surface area (Å²) in [5.41, 5.74) is -0.282. The number of H-pyrrole nitrogens is 1. The highest BCUT2D eigenvalue weighted by Crippen LogP contribution is 2.38. The SMILES string of the molecule is CC1(C)C(=IOS)Nc2nc(-c3cc(OC(F)F)n(Cc4ccccc4F)n3)[nH]c(=O)c21. The average molecular weight is 579 g/mol.